The number of aromatic nitrogens is 2. The number of urea groups is 1. The van der Waals surface area contributed by atoms with Crippen molar-refractivity contribution in [3.63, 3.8) is 0 Å². The second kappa shape index (κ2) is 7.51. The van der Waals surface area contributed by atoms with Gasteiger partial charge in [-0.25, -0.2) is 4.79 Å². The monoisotopic (exact) mass is 462 g/mol. The number of nitrogens with one attached hydrogen (secondary N) is 1. The summed E-state index contributed by atoms with van der Waals surface area (Å²) in [5.74, 6) is -1.52. The number of alkyl halides is 3. The molecule has 3 aromatic rings. The summed E-state index contributed by atoms with van der Waals surface area (Å²) in [5, 5.41) is 6.75. The predicted octanol–water partition coefficient (Wildman–Crippen LogP) is 5.71. The van der Waals surface area contributed by atoms with Crippen LogP contribution in [0.2, 0.25) is 10.0 Å². The van der Waals surface area contributed by atoms with Gasteiger partial charge in [0.1, 0.15) is 0 Å². The van der Waals surface area contributed by atoms with E-state index in [1.165, 1.54) is 11.3 Å². The molecular weight excluding hydrogens is 452 g/mol. The number of carbonyl (C=O) groups excluding carboxylic acids is 1. The van der Waals surface area contributed by atoms with Gasteiger partial charge in [-0.15, -0.1) is 11.3 Å². The molecule has 29 heavy (non-hydrogen) atoms. The fourth-order valence-corrected chi connectivity index (χ4v) is 4.49. The molecule has 4 rings (SSSR count). The van der Waals surface area contributed by atoms with E-state index >= 15 is 0 Å². The Bertz CT molecular complexity index is 1060. The van der Waals surface area contributed by atoms with E-state index in [1.54, 1.807) is 29.2 Å². The predicted molar refractivity (Wildman–Crippen MR) is 102 cm³/mol. The van der Waals surface area contributed by atoms with Crippen molar-refractivity contribution < 1.29 is 22.5 Å². The number of para-hydroxylation sites is 1. The number of rotatable bonds is 2. The summed E-state index contributed by atoms with van der Waals surface area (Å²) in [6.45, 7) is 0.717. The van der Waals surface area contributed by atoms with E-state index in [4.69, 9.17) is 23.2 Å². The van der Waals surface area contributed by atoms with Gasteiger partial charge in [0.15, 0.2) is 0 Å². The zero-order valence-corrected chi connectivity index (χ0v) is 16.7. The van der Waals surface area contributed by atoms with E-state index in [9.17, 15) is 18.0 Å². The number of hydrogen-bond donors (Lipinski definition) is 1. The zero-order chi connectivity index (χ0) is 20.8. The summed E-state index contributed by atoms with van der Waals surface area (Å²) in [6, 6.07) is 6.25. The molecule has 0 unspecified atom stereocenters. The van der Waals surface area contributed by atoms with Crippen molar-refractivity contribution in [2.75, 3.05) is 11.9 Å². The Morgan fingerprint density at radius 1 is 1.28 bits per heavy atom. The first-order valence-corrected chi connectivity index (χ1v) is 9.82. The van der Waals surface area contributed by atoms with Gasteiger partial charge in [-0.05, 0) is 30.2 Å². The Hall–Kier alpha value is -2.30. The Kier molecular flexibility index (Phi) is 5.18. The van der Waals surface area contributed by atoms with Crippen LogP contribution >= 0.6 is 34.5 Å². The minimum absolute atomic E-state index is 0.129. The molecule has 2 aromatic heterocycles. The van der Waals surface area contributed by atoms with Crippen LogP contribution in [0.3, 0.4) is 0 Å². The molecule has 0 saturated carbocycles. The van der Waals surface area contributed by atoms with E-state index in [2.05, 4.69) is 20.0 Å². The van der Waals surface area contributed by atoms with Gasteiger partial charge in [0, 0.05) is 11.4 Å². The van der Waals surface area contributed by atoms with Crippen LogP contribution in [0.5, 0.6) is 0 Å². The maximum Gasteiger partial charge on any atom is 0.471 e. The number of carbonyl (C=O) groups is 1. The topological polar surface area (TPSA) is 71.3 Å². The van der Waals surface area contributed by atoms with Gasteiger partial charge >= 0.3 is 18.1 Å². The van der Waals surface area contributed by atoms with E-state index in [1.807, 2.05) is 0 Å². The number of fused-ring (bicyclic) bond motifs is 1. The van der Waals surface area contributed by atoms with Crippen molar-refractivity contribution in [2.45, 2.75) is 19.1 Å². The van der Waals surface area contributed by atoms with Gasteiger partial charge in [-0.3, -0.25) is 0 Å². The van der Waals surface area contributed by atoms with Crippen molar-refractivity contribution in [1.29, 1.82) is 0 Å². The molecule has 1 aromatic carbocycles. The smallest absolute Gasteiger partial charge is 0.329 e. The lowest BCUT2D eigenvalue weighted by atomic mass is 10.1. The molecule has 0 aliphatic carbocycles. The molecule has 0 saturated heterocycles. The van der Waals surface area contributed by atoms with Crippen molar-refractivity contribution in [1.82, 2.24) is 15.0 Å². The molecule has 1 aliphatic heterocycles. The molecule has 3 heterocycles. The number of amides is 2. The second-order valence-electron chi connectivity index (χ2n) is 6.18. The van der Waals surface area contributed by atoms with E-state index < -0.39 is 12.1 Å². The Balaban J connectivity index is 1.50. The summed E-state index contributed by atoms with van der Waals surface area (Å²) in [5.41, 5.74) is 1.26. The molecule has 0 atom stereocenters. The van der Waals surface area contributed by atoms with Gasteiger partial charge in [0.25, 0.3) is 0 Å². The summed E-state index contributed by atoms with van der Waals surface area (Å²) >= 11 is 13.4. The Morgan fingerprint density at radius 3 is 2.66 bits per heavy atom. The first-order valence-electron chi connectivity index (χ1n) is 8.25. The standard InChI is InChI=1S/C17H11Cl2F3N4O2S/c18-9-2-1-3-10(19)13(9)23-16(27)26-5-4-8-6-11(29-12(8)7-26)14-24-15(28-25-14)17(20,21)22/h1-3,6H,4-5,7H2,(H,23,27). The average molecular weight is 463 g/mol. The summed E-state index contributed by atoms with van der Waals surface area (Å²) in [7, 11) is 0. The van der Waals surface area contributed by atoms with E-state index in [0.717, 1.165) is 10.4 Å². The molecule has 0 fully saturated rings. The third-order valence-corrected chi connectivity index (χ3v) is 6.04. The largest absolute Gasteiger partial charge is 0.471 e. The van der Waals surface area contributed by atoms with Gasteiger partial charge in [0.05, 0.1) is 27.2 Å². The number of halogens is 5. The van der Waals surface area contributed by atoms with Crippen molar-refractivity contribution >= 4 is 46.3 Å². The number of anilines is 1. The summed E-state index contributed by atoms with van der Waals surface area (Å²) in [4.78, 5) is 18.9. The first-order chi connectivity index (χ1) is 13.7. The lowest BCUT2D eigenvalue weighted by molar-refractivity contribution is -0.159. The van der Waals surface area contributed by atoms with E-state index in [0.29, 0.717) is 33.6 Å². The van der Waals surface area contributed by atoms with Crippen molar-refractivity contribution in [2.24, 2.45) is 0 Å². The highest BCUT2D eigenvalue weighted by atomic mass is 35.5. The molecular formula is C17H11Cl2F3N4O2S. The van der Waals surface area contributed by atoms with Crippen LogP contribution in [0, 0.1) is 0 Å². The highest BCUT2D eigenvalue weighted by molar-refractivity contribution is 7.15. The average Bonchev–Trinajstić information content (AvgIpc) is 3.30. The van der Waals surface area contributed by atoms with E-state index in [-0.39, 0.29) is 18.4 Å². The van der Waals surface area contributed by atoms with Crippen LogP contribution in [0.1, 0.15) is 16.3 Å². The maximum absolute atomic E-state index is 12.7. The molecule has 0 bridgehead atoms. The SMILES string of the molecule is O=C(Nc1c(Cl)cccc1Cl)N1CCc2cc(-c3noc(C(F)(F)F)n3)sc2C1. The lowest BCUT2D eigenvalue weighted by Gasteiger charge is -2.27. The fraction of sp³-hybridized carbons (Fsp3) is 0.235. The van der Waals surface area contributed by atoms with Crippen LogP contribution in [-0.2, 0) is 19.1 Å². The van der Waals surface area contributed by atoms with Crippen molar-refractivity contribution in [3.8, 4) is 10.7 Å². The Labute approximate surface area is 176 Å². The lowest BCUT2D eigenvalue weighted by Crippen LogP contribution is -2.38. The van der Waals surface area contributed by atoms with Crippen LogP contribution in [0.4, 0.5) is 23.7 Å². The van der Waals surface area contributed by atoms with Crippen molar-refractivity contribution in [3.05, 3.63) is 50.6 Å². The molecule has 12 heteroatoms. The third kappa shape index (κ3) is 4.05. The molecule has 6 nitrogen and oxygen atoms in total. The maximum atomic E-state index is 12.7. The molecule has 0 radical (unpaired) electrons. The normalized spacial score (nSPS) is 14.0. The van der Waals surface area contributed by atoms with Crippen LogP contribution in [0.15, 0.2) is 28.8 Å². The molecule has 1 aliphatic rings. The first kappa shape index (κ1) is 20.0. The number of nitrogens with zero attached hydrogens (tertiary/aromatic N) is 3. The number of hydrogen-bond acceptors (Lipinski definition) is 5. The van der Waals surface area contributed by atoms with Gasteiger partial charge in [0.2, 0.25) is 5.82 Å². The quantitative estimate of drug-likeness (QED) is 0.528. The number of thiophene rings is 1. The van der Waals surface area contributed by atoms with Gasteiger partial charge < -0.3 is 14.7 Å². The van der Waals surface area contributed by atoms with Gasteiger partial charge in [-0.1, -0.05) is 34.4 Å². The highest BCUT2D eigenvalue weighted by Gasteiger charge is 2.38. The zero-order valence-electron chi connectivity index (χ0n) is 14.4. The highest BCUT2D eigenvalue weighted by Crippen LogP contribution is 2.36. The Morgan fingerprint density at radius 2 is 2.00 bits per heavy atom. The van der Waals surface area contributed by atoms with Crippen LogP contribution in [0.25, 0.3) is 10.7 Å². The van der Waals surface area contributed by atoms with Crippen LogP contribution < -0.4 is 5.32 Å². The molecule has 2 amide bonds. The fourth-order valence-electron chi connectivity index (χ4n) is 2.85. The second-order valence-corrected chi connectivity index (χ2v) is 8.13. The third-order valence-electron chi connectivity index (χ3n) is 4.25. The molecule has 0 spiro atoms. The number of benzene rings is 1. The summed E-state index contributed by atoms with van der Waals surface area (Å²) in [6.07, 6.45) is -4.16. The molecule has 1 N–H and O–H groups in total. The van der Waals surface area contributed by atoms with Gasteiger partial charge in [-0.2, -0.15) is 18.2 Å². The minimum atomic E-state index is -4.70. The van der Waals surface area contributed by atoms with Crippen LogP contribution in [-0.4, -0.2) is 27.6 Å². The molecule has 152 valence electrons. The summed E-state index contributed by atoms with van der Waals surface area (Å²) < 4.78 is 42.3. The minimum Gasteiger partial charge on any atom is -0.329 e.